The maximum atomic E-state index is 10.8. The Hall–Kier alpha value is -1.66. The van der Waals surface area contributed by atoms with Gasteiger partial charge in [-0.2, -0.15) is 0 Å². The van der Waals surface area contributed by atoms with E-state index in [-0.39, 0.29) is 18.1 Å². The van der Waals surface area contributed by atoms with Crippen molar-refractivity contribution in [3.05, 3.63) is 24.0 Å². The lowest BCUT2D eigenvalue weighted by molar-refractivity contribution is 0.0533. The van der Waals surface area contributed by atoms with Crippen molar-refractivity contribution in [3.63, 3.8) is 0 Å². The van der Waals surface area contributed by atoms with Gasteiger partial charge in [0.25, 0.3) is 0 Å². The molecule has 0 aliphatic heterocycles. The first-order valence-electron chi connectivity index (χ1n) is 5.13. The molecule has 1 N–H and O–H groups in total. The van der Waals surface area contributed by atoms with Crippen molar-refractivity contribution in [2.24, 2.45) is 0 Å². The minimum atomic E-state index is -1.11. The molecule has 0 radical (unpaired) electrons. The SMILES string of the molecule is COCCOCCOc1cccnc1C(=O)O. The number of hydrogen-bond acceptors (Lipinski definition) is 5. The Labute approximate surface area is 99.1 Å². The van der Waals surface area contributed by atoms with Crippen LogP contribution in [0.15, 0.2) is 18.3 Å². The first-order valence-corrected chi connectivity index (χ1v) is 5.13. The molecule has 0 aromatic carbocycles. The van der Waals surface area contributed by atoms with E-state index >= 15 is 0 Å². The molecule has 1 heterocycles. The van der Waals surface area contributed by atoms with Crippen molar-refractivity contribution < 1.29 is 24.1 Å². The Kier molecular flexibility index (Phi) is 5.98. The van der Waals surface area contributed by atoms with E-state index in [0.717, 1.165) is 0 Å². The van der Waals surface area contributed by atoms with Crippen LogP contribution in [0, 0.1) is 0 Å². The number of rotatable bonds is 8. The summed E-state index contributed by atoms with van der Waals surface area (Å²) in [6.45, 7) is 1.65. The van der Waals surface area contributed by atoms with E-state index in [9.17, 15) is 4.79 Å². The Morgan fingerprint density at radius 3 is 2.82 bits per heavy atom. The van der Waals surface area contributed by atoms with Crippen LogP contribution in [-0.4, -0.2) is 49.6 Å². The zero-order chi connectivity index (χ0) is 12.5. The van der Waals surface area contributed by atoms with Crippen LogP contribution in [-0.2, 0) is 9.47 Å². The van der Waals surface area contributed by atoms with Gasteiger partial charge in [0.2, 0.25) is 0 Å². The average molecular weight is 241 g/mol. The Bertz CT molecular complexity index is 355. The van der Waals surface area contributed by atoms with Gasteiger partial charge in [0.1, 0.15) is 6.61 Å². The highest BCUT2D eigenvalue weighted by Crippen LogP contribution is 2.14. The number of pyridine rings is 1. The minimum Gasteiger partial charge on any atom is -0.489 e. The molecule has 6 nitrogen and oxygen atoms in total. The molecule has 0 saturated heterocycles. The minimum absolute atomic E-state index is 0.0932. The topological polar surface area (TPSA) is 77.9 Å². The van der Waals surface area contributed by atoms with Gasteiger partial charge in [-0.05, 0) is 12.1 Å². The lowest BCUT2D eigenvalue weighted by Gasteiger charge is -2.08. The fourth-order valence-corrected chi connectivity index (χ4v) is 1.12. The molecular formula is C11H15NO5. The van der Waals surface area contributed by atoms with Gasteiger partial charge in [-0.25, -0.2) is 9.78 Å². The van der Waals surface area contributed by atoms with E-state index in [4.69, 9.17) is 19.3 Å². The Balaban J connectivity index is 2.34. The van der Waals surface area contributed by atoms with Crippen LogP contribution in [0.25, 0.3) is 0 Å². The summed E-state index contributed by atoms with van der Waals surface area (Å²) in [6.07, 6.45) is 1.41. The predicted octanol–water partition coefficient (Wildman–Crippen LogP) is 0.822. The summed E-state index contributed by atoms with van der Waals surface area (Å²) in [7, 11) is 1.59. The molecule has 0 fully saturated rings. The van der Waals surface area contributed by atoms with E-state index in [0.29, 0.717) is 19.8 Å². The van der Waals surface area contributed by atoms with Crippen LogP contribution in [0.2, 0.25) is 0 Å². The molecule has 0 aliphatic carbocycles. The molecule has 94 valence electrons. The van der Waals surface area contributed by atoms with Crippen molar-refractivity contribution in [3.8, 4) is 5.75 Å². The summed E-state index contributed by atoms with van der Waals surface area (Å²) in [4.78, 5) is 14.5. The third kappa shape index (κ3) is 4.80. The maximum Gasteiger partial charge on any atom is 0.358 e. The zero-order valence-electron chi connectivity index (χ0n) is 9.59. The fourth-order valence-electron chi connectivity index (χ4n) is 1.12. The van der Waals surface area contributed by atoms with Gasteiger partial charge in [0.05, 0.1) is 19.8 Å². The van der Waals surface area contributed by atoms with Gasteiger partial charge < -0.3 is 19.3 Å². The second-order valence-corrected chi connectivity index (χ2v) is 3.11. The highest BCUT2D eigenvalue weighted by molar-refractivity contribution is 5.88. The third-order valence-corrected chi connectivity index (χ3v) is 1.89. The summed E-state index contributed by atoms with van der Waals surface area (Å²) in [5.41, 5.74) is -0.0932. The lowest BCUT2D eigenvalue weighted by Crippen LogP contribution is -2.12. The Morgan fingerprint density at radius 2 is 2.12 bits per heavy atom. The lowest BCUT2D eigenvalue weighted by atomic mass is 10.3. The number of methoxy groups -OCH3 is 1. The normalized spacial score (nSPS) is 10.2. The summed E-state index contributed by atoms with van der Waals surface area (Å²) in [6, 6.07) is 3.18. The fraction of sp³-hybridized carbons (Fsp3) is 0.455. The number of carboxylic acids is 1. The van der Waals surface area contributed by atoms with Crippen LogP contribution < -0.4 is 4.74 Å². The molecule has 1 aromatic heterocycles. The van der Waals surface area contributed by atoms with Crippen LogP contribution >= 0.6 is 0 Å². The van der Waals surface area contributed by atoms with Gasteiger partial charge >= 0.3 is 5.97 Å². The van der Waals surface area contributed by atoms with Gasteiger partial charge in [-0.15, -0.1) is 0 Å². The van der Waals surface area contributed by atoms with Gasteiger partial charge in [-0.1, -0.05) is 0 Å². The molecule has 0 aliphatic rings. The van der Waals surface area contributed by atoms with Crippen molar-refractivity contribution in [2.75, 3.05) is 33.5 Å². The molecule has 0 unspecified atom stereocenters. The monoisotopic (exact) mass is 241 g/mol. The second kappa shape index (κ2) is 7.59. The summed E-state index contributed by atoms with van der Waals surface area (Å²) in [5.74, 6) is -0.865. The molecule has 1 rings (SSSR count). The zero-order valence-corrected chi connectivity index (χ0v) is 9.59. The number of hydrogen-bond donors (Lipinski definition) is 1. The average Bonchev–Trinajstić information content (AvgIpc) is 2.34. The smallest absolute Gasteiger partial charge is 0.358 e. The van der Waals surface area contributed by atoms with E-state index in [1.54, 1.807) is 19.2 Å². The molecule has 0 amide bonds. The summed E-state index contributed by atoms with van der Waals surface area (Å²) in [5, 5.41) is 8.85. The molecular weight excluding hydrogens is 226 g/mol. The van der Waals surface area contributed by atoms with Crippen molar-refractivity contribution in [2.45, 2.75) is 0 Å². The van der Waals surface area contributed by atoms with E-state index in [1.165, 1.54) is 6.20 Å². The van der Waals surface area contributed by atoms with Crippen LogP contribution in [0.5, 0.6) is 5.75 Å². The summed E-state index contributed by atoms with van der Waals surface area (Å²) >= 11 is 0. The first-order chi connectivity index (χ1) is 8.25. The summed E-state index contributed by atoms with van der Waals surface area (Å²) < 4.78 is 15.3. The van der Waals surface area contributed by atoms with E-state index in [2.05, 4.69) is 4.98 Å². The van der Waals surface area contributed by atoms with Gasteiger partial charge in [-0.3, -0.25) is 0 Å². The largest absolute Gasteiger partial charge is 0.489 e. The number of aromatic nitrogens is 1. The maximum absolute atomic E-state index is 10.8. The van der Waals surface area contributed by atoms with E-state index < -0.39 is 5.97 Å². The number of nitrogens with zero attached hydrogens (tertiary/aromatic N) is 1. The molecule has 0 bridgehead atoms. The number of ether oxygens (including phenoxy) is 3. The highest BCUT2D eigenvalue weighted by atomic mass is 16.5. The third-order valence-electron chi connectivity index (χ3n) is 1.89. The van der Waals surface area contributed by atoms with Crippen molar-refractivity contribution in [1.29, 1.82) is 0 Å². The standard InChI is InChI=1S/C11H15NO5/c1-15-5-6-16-7-8-17-9-3-2-4-12-10(9)11(13)14/h2-4H,5-8H2,1H3,(H,13,14). The number of aromatic carboxylic acids is 1. The number of carbonyl (C=O) groups is 1. The first kappa shape index (κ1) is 13.4. The number of carboxylic acid groups (broad SMARTS) is 1. The quantitative estimate of drug-likeness (QED) is 0.679. The van der Waals surface area contributed by atoms with Gasteiger partial charge in [0.15, 0.2) is 11.4 Å². The van der Waals surface area contributed by atoms with Gasteiger partial charge in [0, 0.05) is 13.3 Å². The highest BCUT2D eigenvalue weighted by Gasteiger charge is 2.11. The second-order valence-electron chi connectivity index (χ2n) is 3.11. The van der Waals surface area contributed by atoms with E-state index in [1.807, 2.05) is 0 Å². The molecule has 0 saturated carbocycles. The van der Waals surface area contributed by atoms with Crippen LogP contribution in [0.1, 0.15) is 10.5 Å². The Morgan fingerprint density at radius 1 is 1.35 bits per heavy atom. The van der Waals surface area contributed by atoms with Crippen LogP contribution in [0.4, 0.5) is 0 Å². The molecule has 0 spiro atoms. The molecule has 17 heavy (non-hydrogen) atoms. The predicted molar refractivity (Wildman–Crippen MR) is 59.4 cm³/mol. The molecule has 6 heteroatoms. The van der Waals surface area contributed by atoms with Crippen LogP contribution in [0.3, 0.4) is 0 Å². The molecule has 1 aromatic rings. The van der Waals surface area contributed by atoms with Crippen molar-refractivity contribution in [1.82, 2.24) is 4.98 Å². The van der Waals surface area contributed by atoms with Crippen molar-refractivity contribution >= 4 is 5.97 Å². The molecule has 0 atom stereocenters.